The van der Waals surface area contributed by atoms with Gasteiger partial charge < -0.3 is 32.5 Å². The number of nitrogens with one attached hydrogen (secondary N) is 3. The van der Waals surface area contributed by atoms with Crippen LogP contribution >= 0.6 is 0 Å². The molecule has 0 spiro atoms. The predicted molar refractivity (Wildman–Crippen MR) is 125 cm³/mol. The second-order valence-electron chi connectivity index (χ2n) is 8.45. The molecule has 0 aliphatic heterocycles. The SMILES string of the molecule is CC(C)CC(NC(=O)CNC(=O)C(Cc1ccccc1)NC(=O)C(N)CCCCN)C(=O)O. The first-order chi connectivity index (χ1) is 15.6. The van der Waals surface area contributed by atoms with Crippen LogP contribution in [0.3, 0.4) is 0 Å². The molecule has 0 radical (unpaired) electrons. The fourth-order valence-corrected chi connectivity index (χ4v) is 3.21. The second kappa shape index (κ2) is 15.0. The molecule has 3 atom stereocenters. The maximum atomic E-state index is 12.8. The number of unbranched alkanes of at least 4 members (excludes halogenated alkanes) is 1. The summed E-state index contributed by atoms with van der Waals surface area (Å²) in [6.07, 6.45) is 2.36. The van der Waals surface area contributed by atoms with E-state index in [1.807, 2.05) is 44.2 Å². The van der Waals surface area contributed by atoms with Crippen molar-refractivity contribution in [3.8, 4) is 0 Å². The van der Waals surface area contributed by atoms with Crippen LogP contribution in [0.2, 0.25) is 0 Å². The number of carboxylic acids is 1. The van der Waals surface area contributed by atoms with Gasteiger partial charge in [0.05, 0.1) is 12.6 Å². The number of carboxylic acid groups (broad SMARTS) is 1. The Morgan fingerprint density at radius 1 is 0.970 bits per heavy atom. The summed E-state index contributed by atoms with van der Waals surface area (Å²) in [5.74, 6) is -2.72. The number of rotatable bonds is 15. The van der Waals surface area contributed by atoms with E-state index in [1.54, 1.807) is 0 Å². The van der Waals surface area contributed by atoms with E-state index in [1.165, 1.54) is 0 Å². The number of amides is 3. The minimum Gasteiger partial charge on any atom is -0.480 e. The van der Waals surface area contributed by atoms with E-state index in [-0.39, 0.29) is 18.8 Å². The Morgan fingerprint density at radius 2 is 1.64 bits per heavy atom. The number of carbonyl (C=O) groups is 4. The van der Waals surface area contributed by atoms with Crippen molar-refractivity contribution in [2.75, 3.05) is 13.1 Å². The van der Waals surface area contributed by atoms with Gasteiger partial charge in [0.1, 0.15) is 12.1 Å². The fourth-order valence-electron chi connectivity index (χ4n) is 3.21. The van der Waals surface area contributed by atoms with Crippen LogP contribution < -0.4 is 27.4 Å². The average molecular weight is 464 g/mol. The summed E-state index contributed by atoms with van der Waals surface area (Å²) in [6.45, 7) is 3.79. The minimum atomic E-state index is -1.14. The quantitative estimate of drug-likeness (QED) is 0.197. The normalized spacial score (nSPS) is 13.6. The van der Waals surface area contributed by atoms with Crippen LogP contribution in [0.15, 0.2) is 30.3 Å². The maximum absolute atomic E-state index is 12.8. The Morgan fingerprint density at radius 3 is 2.21 bits per heavy atom. The van der Waals surface area contributed by atoms with Gasteiger partial charge in [-0.15, -0.1) is 0 Å². The molecule has 3 unspecified atom stereocenters. The van der Waals surface area contributed by atoms with Crippen molar-refractivity contribution in [3.05, 3.63) is 35.9 Å². The molecule has 0 aromatic heterocycles. The Labute approximate surface area is 194 Å². The van der Waals surface area contributed by atoms with E-state index < -0.39 is 48.4 Å². The van der Waals surface area contributed by atoms with Crippen molar-refractivity contribution in [3.63, 3.8) is 0 Å². The molecule has 33 heavy (non-hydrogen) atoms. The van der Waals surface area contributed by atoms with E-state index in [4.69, 9.17) is 11.5 Å². The topological polar surface area (TPSA) is 177 Å². The number of carbonyl (C=O) groups excluding carboxylic acids is 3. The van der Waals surface area contributed by atoms with Crippen LogP contribution in [-0.4, -0.2) is 60.0 Å². The van der Waals surface area contributed by atoms with Gasteiger partial charge in [0.15, 0.2) is 0 Å². The van der Waals surface area contributed by atoms with Gasteiger partial charge in [-0.2, -0.15) is 0 Å². The highest BCUT2D eigenvalue weighted by Crippen LogP contribution is 2.06. The molecular weight excluding hydrogens is 426 g/mol. The monoisotopic (exact) mass is 463 g/mol. The van der Waals surface area contributed by atoms with Gasteiger partial charge in [-0.05, 0) is 37.3 Å². The summed E-state index contributed by atoms with van der Waals surface area (Å²) in [5.41, 5.74) is 12.2. The highest BCUT2D eigenvalue weighted by Gasteiger charge is 2.25. The molecule has 8 N–H and O–H groups in total. The molecule has 1 rings (SSSR count). The van der Waals surface area contributed by atoms with Crippen LogP contribution in [-0.2, 0) is 25.6 Å². The van der Waals surface area contributed by atoms with Crippen molar-refractivity contribution in [2.45, 2.75) is 64.1 Å². The Hall–Kier alpha value is -2.98. The molecule has 0 aliphatic carbocycles. The first kappa shape index (κ1) is 28.1. The molecule has 0 saturated heterocycles. The molecule has 0 heterocycles. The largest absolute Gasteiger partial charge is 0.480 e. The molecule has 0 fully saturated rings. The van der Waals surface area contributed by atoms with Gasteiger partial charge in [-0.3, -0.25) is 14.4 Å². The third-order valence-electron chi connectivity index (χ3n) is 4.99. The average Bonchev–Trinajstić information content (AvgIpc) is 2.76. The number of nitrogens with two attached hydrogens (primary N) is 2. The van der Waals surface area contributed by atoms with Crippen molar-refractivity contribution in [1.82, 2.24) is 16.0 Å². The van der Waals surface area contributed by atoms with E-state index in [2.05, 4.69) is 16.0 Å². The van der Waals surface area contributed by atoms with Gasteiger partial charge in [-0.1, -0.05) is 50.6 Å². The van der Waals surface area contributed by atoms with Gasteiger partial charge in [0, 0.05) is 6.42 Å². The van der Waals surface area contributed by atoms with Crippen LogP contribution in [0.25, 0.3) is 0 Å². The zero-order chi connectivity index (χ0) is 24.8. The van der Waals surface area contributed by atoms with Crippen molar-refractivity contribution >= 4 is 23.7 Å². The maximum Gasteiger partial charge on any atom is 0.326 e. The summed E-state index contributed by atoms with van der Waals surface area (Å²) >= 11 is 0. The molecule has 10 heteroatoms. The lowest BCUT2D eigenvalue weighted by Gasteiger charge is -2.21. The Kier molecular flexibility index (Phi) is 12.7. The summed E-state index contributed by atoms with van der Waals surface area (Å²) < 4.78 is 0. The first-order valence-electron chi connectivity index (χ1n) is 11.2. The van der Waals surface area contributed by atoms with Gasteiger partial charge in [0.25, 0.3) is 0 Å². The van der Waals surface area contributed by atoms with Crippen LogP contribution in [0, 0.1) is 5.92 Å². The molecule has 10 nitrogen and oxygen atoms in total. The zero-order valence-electron chi connectivity index (χ0n) is 19.4. The van der Waals surface area contributed by atoms with Gasteiger partial charge >= 0.3 is 5.97 Å². The lowest BCUT2D eigenvalue weighted by atomic mass is 10.0. The lowest BCUT2D eigenvalue weighted by Crippen LogP contribution is -2.54. The highest BCUT2D eigenvalue weighted by atomic mass is 16.4. The molecule has 1 aromatic rings. The van der Waals surface area contributed by atoms with Crippen LogP contribution in [0.5, 0.6) is 0 Å². The van der Waals surface area contributed by atoms with E-state index >= 15 is 0 Å². The summed E-state index contributed by atoms with van der Waals surface area (Å²) in [4.78, 5) is 48.8. The number of hydrogen-bond acceptors (Lipinski definition) is 6. The molecule has 0 bridgehead atoms. The molecular formula is C23H37N5O5. The number of aliphatic carboxylic acids is 1. The summed E-state index contributed by atoms with van der Waals surface area (Å²) in [7, 11) is 0. The molecule has 3 amide bonds. The lowest BCUT2D eigenvalue weighted by molar-refractivity contribution is -0.142. The van der Waals surface area contributed by atoms with Gasteiger partial charge in [-0.25, -0.2) is 4.79 Å². The fraction of sp³-hybridized carbons (Fsp3) is 0.565. The summed E-state index contributed by atoms with van der Waals surface area (Å²) in [6, 6.07) is 6.36. The second-order valence-corrected chi connectivity index (χ2v) is 8.45. The smallest absolute Gasteiger partial charge is 0.326 e. The Bertz CT molecular complexity index is 772. The van der Waals surface area contributed by atoms with Crippen molar-refractivity contribution in [2.24, 2.45) is 17.4 Å². The van der Waals surface area contributed by atoms with Crippen molar-refractivity contribution < 1.29 is 24.3 Å². The third kappa shape index (κ3) is 11.4. The molecule has 0 saturated carbocycles. The van der Waals surface area contributed by atoms with E-state index in [9.17, 15) is 24.3 Å². The number of benzene rings is 1. The van der Waals surface area contributed by atoms with Crippen LogP contribution in [0.1, 0.15) is 45.1 Å². The van der Waals surface area contributed by atoms with Crippen LogP contribution in [0.4, 0.5) is 0 Å². The van der Waals surface area contributed by atoms with Gasteiger partial charge in [0.2, 0.25) is 17.7 Å². The highest BCUT2D eigenvalue weighted by molar-refractivity contribution is 5.92. The standard InChI is InChI=1S/C23H37N5O5/c1-15(2)12-19(23(32)33)27-20(29)14-26-22(31)18(13-16-8-4-3-5-9-16)28-21(30)17(25)10-6-7-11-24/h3-5,8-9,15,17-19H,6-7,10-14,24-25H2,1-2H3,(H,26,31)(H,27,29)(H,28,30)(H,32,33). The van der Waals surface area contributed by atoms with E-state index in [0.29, 0.717) is 19.4 Å². The summed E-state index contributed by atoms with van der Waals surface area (Å²) in [5, 5.41) is 16.8. The third-order valence-corrected chi connectivity index (χ3v) is 4.99. The molecule has 0 aliphatic rings. The van der Waals surface area contributed by atoms with E-state index in [0.717, 1.165) is 12.0 Å². The number of hydrogen-bond donors (Lipinski definition) is 6. The first-order valence-corrected chi connectivity index (χ1v) is 11.2. The van der Waals surface area contributed by atoms with Crippen molar-refractivity contribution in [1.29, 1.82) is 0 Å². The Balaban J connectivity index is 2.75. The molecule has 1 aromatic carbocycles. The molecule has 184 valence electrons. The minimum absolute atomic E-state index is 0.0699. The zero-order valence-corrected chi connectivity index (χ0v) is 19.4. The predicted octanol–water partition coefficient (Wildman–Crippen LogP) is -0.0981.